The van der Waals surface area contributed by atoms with Gasteiger partial charge in [0.05, 0.1) is 0 Å². The molecule has 0 radical (unpaired) electrons. The van der Waals surface area contributed by atoms with Crippen molar-refractivity contribution in [1.82, 2.24) is 0 Å². The number of fused-ring (bicyclic) bond motifs is 1. The average Bonchev–Trinajstić information content (AvgIpc) is 2.84. The van der Waals surface area contributed by atoms with Crippen molar-refractivity contribution in [3.63, 3.8) is 0 Å². The predicted molar refractivity (Wildman–Crippen MR) is 95.9 cm³/mol. The number of methoxy groups -OCH3 is 1. The molecule has 160 valence electrons. The second-order valence-corrected chi connectivity index (χ2v) is 5.65. The summed E-state index contributed by atoms with van der Waals surface area (Å²) in [5, 5.41) is 0. The Bertz CT molecular complexity index is 617. The third kappa shape index (κ3) is 12.0. The molecule has 2 rings (SSSR count). The van der Waals surface area contributed by atoms with Gasteiger partial charge in [-0.25, -0.2) is 0 Å². The molecular formula is C21H22CrO8. The molecule has 1 saturated heterocycles. The van der Waals surface area contributed by atoms with Crippen LogP contribution >= 0.6 is 0 Å². The second kappa shape index (κ2) is 27.2. The third-order valence-corrected chi connectivity index (χ3v) is 4.44. The van der Waals surface area contributed by atoms with Crippen LogP contribution in [0.3, 0.4) is 0 Å². The molecule has 2 unspecified atom stereocenters. The molecule has 0 N–H and O–H groups in total. The summed E-state index contributed by atoms with van der Waals surface area (Å²) in [6, 6.07) is 0. The molecule has 30 heavy (non-hydrogen) atoms. The van der Waals surface area contributed by atoms with E-state index in [4.69, 9.17) is 37.5 Å². The fourth-order valence-electron chi connectivity index (χ4n) is 2.90. The molecule has 9 heteroatoms. The minimum absolute atomic E-state index is 0.201. The van der Waals surface area contributed by atoms with Crippen LogP contribution in [0.15, 0.2) is 35.5 Å². The molecule has 1 aliphatic carbocycles. The molecule has 0 amide bonds. The fourth-order valence-corrected chi connectivity index (χ4v) is 3.26. The Balaban J connectivity index is -0.000000296. The van der Waals surface area contributed by atoms with E-state index in [1.54, 1.807) is 13.2 Å². The molecule has 1 aliphatic heterocycles. The molecule has 0 aromatic carbocycles. The van der Waals surface area contributed by atoms with Crippen molar-refractivity contribution in [3.05, 3.63) is 68.7 Å². The maximum absolute atomic E-state index is 7.50. The summed E-state index contributed by atoms with van der Waals surface area (Å²) < 4.78 is 55.0. The minimum atomic E-state index is 0.201. The normalized spacial score (nSPS) is 17.7. The van der Waals surface area contributed by atoms with Crippen LogP contribution in [-0.4, -0.2) is 37.6 Å². The average molecular weight is 454 g/mol. The standard InChI is InChI=1S/C16H22O3.5CO.Cr/c1-4-8-18-10-7-12(2)15-13-6-5-9-19-16(13)14(15)11-17-3;5*1-2;/h4,7,13,16H,1,5-6,8-10H2,2-3H3;;;;;;/b12-7+;;;;;;. The van der Waals surface area contributed by atoms with Crippen molar-refractivity contribution in [3.8, 4) is 0 Å². The number of ether oxygens (including phenoxy) is 3. The van der Waals surface area contributed by atoms with E-state index in [1.807, 2.05) is 0 Å². The molecule has 0 aromatic heterocycles. The Morgan fingerprint density at radius 2 is 1.60 bits per heavy atom. The Morgan fingerprint density at radius 3 is 2.07 bits per heavy atom. The Kier molecular flexibility index (Phi) is 32.3. The van der Waals surface area contributed by atoms with E-state index in [1.165, 1.54) is 23.1 Å². The molecule has 8 nitrogen and oxygen atoms in total. The van der Waals surface area contributed by atoms with Gasteiger partial charge in [-0.2, -0.15) is 0 Å². The molecule has 0 spiro atoms. The molecule has 1 fully saturated rings. The summed E-state index contributed by atoms with van der Waals surface area (Å²) in [6.45, 7) is 30.3. The number of allylic oxidation sites excluding steroid dienone is 1. The van der Waals surface area contributed by atoms with E-state index in [2.05, 4.69) is 68.7 Å². The van der Waals surface area contributed by atoms with Gasteiger partial charge in [-0.15, -0.1) is 0 Å². The van der Waals surface area contributed by atoms with Gasteiger partial charge < -0.3 is 0 Å². The Hall–Kier alpha value is -1.80. The zero-order valence-electron chi connectivity index (χ0n) is 16.7. The molecule has 2 aliphatic rings. The molecule has 0 aromatic rings. The van der Waals surface area contributed by atoms with Crippen LogP contribution in [0.5, 0.6) is 0 Å². The van der Waals surface area contributed by atoms with Crippen LogP contribution in [0.4, 0.5) is 0 Å². The van der Waals surface area contributed by atoms with Crippen LogP contribution in [0.1, 0.15) is 19.8 Å². The van der Waals surface area contributed by atoms with Gasteiger partial charge in [-0.05, 0) is 0 Å². The van der Waals surface area contributed by atoms with Crippen molar-refractivity contribution in [2.75, 3.05) is 26.9 Å². The number of rotatable bonds is 7. The van der Waals surface area contributed by atoms with Gasteiger partial charge in [0.25, 0.3) is 0 Å². The van der Waals surface area contributed by atoms with Crippen LogP contribution in [0.2, 0.25) is 0 Å². The summed E-state index contributed by atoms with van der Waals surface area (Å²) >= 11 is 3.01. The van der Waals surface area contributed by atoms with Crippen molar-refractivity contribution >= 4 is 4.57 Å². The second-order valence-electron chi connectivity index (χ2n) is 5.07. The van der Waals surface area contributed by atoms with E-state index in [0.717, 1.165) is 17.6 Å². The van der Waals surface area contributed by atoms with Gasteiger partial charge in [0.1, 0.15) is 0 Å². The van der Waals surface area contributed by atoms with Crippen molar-refractivity contribution < 1.29 is 53.3 Å². The van der Waals surface area contributed by atoms with Crippen LogP contribution in [0, 0.1) is 39.2 Å². The zero-order chi connectivity index (χ0) is 24.5. The van der Waals surface area contributed by atoms with Crippen LogP contribution in [0.25, 0.3) is 0 Å². The van der Waals surface area contributed by atoms with Gasteiger partial charge in [-0.1, -0.05) is 0 Å². The third-order valence-electron chi connectivity index (χ3n) is 3.84. The first-order chi connectivity index (χ1) is 14.7. The molecule has 2 atom stereocenters. The van der Waals surface area contributed by atoms with Crippen LogP contribution in [-0.2, 0) is 53.3 Å². The monoisotopic (exact) mass is 454 g/mol. The quantitative estimate of drug-likeness (QED) is 0.254. The van der Waals surface area contributed by atoms with Crippen molar-refractivity contribution in [1.29, 1.82) is 0 Å². The first kappa shape index (κ1) is 35.6. The van der Waals surface area contributed by atoms with Gasteiger partial charge in [0, 0.05) is 0 Å². The molecular weight excluding hydrogens is 432 g/mol. The van der Waals surface area contributed by atoms with Crippen molar-refractivity contribution in [2.45, 2.75) is 25.9 Å². The van der Waals surface area contributed by atoms with E-state index in [0.29, 0.717) is 19.1 Å². The van der Waals surface area contributed by atoms with E-state index in [9.17, 15) is 0 Å². The Morgan fingerprint density at radius 1 is 1.07 bits per heavy atom. The topological polar surface area (TPSA) is 127 Å². The van der Waals surface area contributed by atoms with E-state index < -0.39 is 0 Å². The zero-order valence-corrected chi connectivity index (χ0v) is 18.0. The molecule has 0 bridgehead atoms. The first-order valence-electron chi connectivity index (χ1n) is 8.02. The van der Waals surface area contributed by atoms with Gasteiger partial charge in [0.2, 0.25) is 0 Å². The van der Waals surface area contributed by atoms with Crippen molar-refractivity contribution in [2.24, 2.45) is 5.92 Å². The molecule has 1 heterocycles. The van der Waals surface area contributed by atoms with Crippen LogP contribution < -0.4 is 0 Å². The summed E-state index contributed by atoms with van der Waals surface area (Å²) in [5.41, 5.74) is 3.82. The molecule has 0 saturated carbocycles. The number of hydrogen-bond acceptors (Lipinski definition) is 3. The first-order valence-corrected chi connectivity index (χ1v) is 8.66. The fraction of sp³-hybridized carbons (Fsp3) is 0.429. The maximum atomic E-state index is 7.50. The number of hydrogen-bond donors (Lipinski definition) is 0. The summed E-state index contributed by atoms with van der Waals surface area (Å²) in [6.07, 6.45) is 6.42. The van der Waals surface area contributed by atoms with Gasteiger partial charge in [0.15, 0.2) is 0 Å². The Labute approximate surface area is 185 Å². The summed E-state index contributed by atoms with van der Waals surface area (Å²) in [7, 11) is 1.69. The van der Waals surface area contributed by atoms with E-state index in [-0.39, 0.29) is 6.10 Å². The summed E-state index contributed by atoms with van der Waals surface area (Å²) in [5.74, 6) is 0.507. The van der Waals surface area contributed by atoms with E-state index >= 15 is 0 Å². The predicted octanol–water partition coefficient (Wildman–Crippen LogP) is 2.38. The van der Waals surface area contributed by atoms with Gasteiger partial charge in [-0.3, -0.25) is 0 Å². The SMILES string of the molecule is C=CCOC/C=C(\C)C1=C([C](=[Cr])OC)C2OCCCC12.[C-]#[O+].[C-]#[O+].[C-]#[O+].[C-]#[O+].[C-]#[O+]. The summed E-state index contributed by atoms with van der Waals surface area (Å²) in [4.78, 5) is 0. The van der Waals surface area contributed by atoms with Gasteiger partial charge >= 0.3 is 185 Å².